The van der Waals surface area contributed by atoms with Gasteiger partial charge in [-0.15, -0.1) is 0 Å². The fraction of sp³-hybridized carbons (Fsp3) is 0.0588. The third-order valence-corrected chi connectivity index (χ3v) is 2.61. The van der Waals surface area contributed by atoms with E-state index < -0.39 is 5.97 Å². The first-order valence-corrected chi connectivity index (χ1v) is 6.21. The van der Waals surface area contributed by atoms with E-state index in [0.717, 1.165) is 5.56 Å². The first-order chi connectivity index (χ1) is 9.65. The molecule has 0 N–H and O–H groups in total. The third-order valence-electron chi connectivity index (χ3n) is 2.61. The van der Waals surface area contributed by atoms with Crippen LogP contribution in [0.25, 0.3) is 6.08 Å². The van der Waals surface area contributed by atoms with Crippen molar-refractivity contribution in [2.24, 2.45) is 0 Å². The number of allylic oxidation sites excluding steroid dienone is 1. The lowest BCUT2D eigenvalue weighted by molar-refractivity contribution is -0.131. The topological polar surface area (TPSA) is 43.4 Å². The number of esters is 1. The molecule has 20 heavy (non-hydrogen) atoms. The maximum atomic E-state index is 12.0. The summed E-state index contributed by atoms with van der Waals surface area (Å²) in [7, 11) is 0. The lowest BCUT2D eigenvalue weighted by Gasteiger charge is -2.02. The predicted octanol–water partition coefficient (Wildman–Crippen LogP) is 3.51. The van der Waals surface area contributed by atoms with Gasteiger partial charge in [-0.3, -0.25) is 9.59 Å². The van der Waals surface area contributed by atoms with Gasteiger partial charge in [0.2, 0.25) is 0 Å². The van der Waals surface area contributed by atoms with Crippen molar-refractivity contribution in [1.29, 1.82) is 0 Å². The van der Waals surface area contributed by atoms with Crippen molar-refractivity contribution < 1.29 is 14.3 Å². The van der Waals surface area contributed by atoms with E-state index in [-0.39, 0.29) is 5.78 Å². The van der Waals surface area contributed by atoms with Gasteiger partial charge in [-0.1, -0.05) is 48.5 Å². The lowest BCUT2D eigenvalue weighted by Crippen LogP contribution is -2.02. The molecule has 0 fully saturated rings. The molecule has 0 radical (unpaired) electrons. The highest BCUT2D eigenvalue weighted by molar-refractivity contribution is 6.07. The highest BCUT2D eigenvalue weighted by Gasteiger charge is 2.04. The molecule has 2 rings (SSSR count). The molecule has 2 aromatic rings. The van der Waals surface area contributed by atoms with Crippen LogP contribution in [-0.4, -0.2) is 11.8 Å². The second kappa shape index (κ2) is 6.48. The molecule has 3 nitrogen and oxygen atoms in total. The maximum absolute atomic E-state index is 12.0. The molecule has 0 aliphatic rings. The molecular formula is C17H14O3. The van der Waals surface area contributed by atoms with Gasteiger partial charge in [0.25, 0.3) is 0 Å². The van der Waals surface area contributed by atoms with Crippen LogP contribution in [0.15, 0.2) is 60.7 Å². The van der Waals surface area contributed by atoms with Gasteiger partial charge >= 0.3 is 5.97 Å². The Balaban J connectivity index is 2.13. The zero-order chi connectivity index (χ0) is 14.4. The minimum absolute atomic E-state index is 0.136. The Hall–Kier alpha value is -2.68. The second-order valence-electron chi connectivity index (χ2n) is 4.23. The largest absolute Gasteiger partial charge is 0.427 e. The van der Waals surface area contributed by atoms with Gasteiger partial charge in [0.05, 0.1) is 0 Å². The molecule has 0 heterocycles. The molecule has 0 aromatic heterocycles. The number of rotatable bonds is 4. The molecule has 0 atom stereocenters. The van der Waals surface area contributed by atoms with Crippen LogP contribution < -0.4 is 4.74 Å². The Morgan fingerprint density at radius 3 is 2.45 bits per heavy atom. The maximum Gasteiger partial charge on any atom is 0.308 e. The molecule has 3 heteroatoms. The summed E-state index contributed by atoms with van der Waals surface area (Å²) in [6.07, 6.45) is 3.25. The Labute approximate surface area is 117 Å². The number of carbonyl (C=O) groups is 2. The van der Waals surface area contributed by atoms with Gasteiger partial charge in [-0.2, -0.15) is 0 Å². The Morgan fingerprint density at radius 1 is 1.00 bits per heavy atom. The summed E-state index contributed by atoms with van der Waals surface area (Å²) in [4.78, 5) is 22.9. The molecule has 2 aromatic carbocycles. The SMILES string of the molecule is CC(=O)Oc1cccc(C(=O)/C=C/c2ccccc2)c1. The van der Waals surface area contributed by atoms with E-state index in [9.17, 15) is 9.59 Å². The van der Waals surface area contributed by atoms with Crippen LogP contribution in [0.2, 0.25) is 0 Å². The van der Waals surface area contributed by atoms with Crippen LogP contribution in [0, 0.1) is 0 Å². The first-order valence-electron chi connectivity index (χ1n) is 6.21. The number of hydrogen-bond donors (Lipinski definition) is 0. The average Bonchev–Trinajstić information content (AvgIpc) is 2.45. The summed E-state index contributed by atoms with van der Waals surface area (Å²) in [6, 6.07) is 16.1. The minimum atomic E-state index is -0.408. The number of benzene rings is 2. The number of carbonyl (C=O) groups excluding carboxylic acids is 2. The van der Waals surface area contributed by atoms with E-state index in [0.29, 0.717) is 11.3 Å². The molecule has 0 amide bonds. The van der Waals surface area contributed by atoms with Crippen molar-refractivity contribution in [3.63, 3.8) is 0 Å². The molecule has 0 aliphatic heterocycles. The lowest BCUT2D eigenvalue weighted by atomic mass is 10.1. The molecule has 100 valence electrons. The van der Waals surface area contributed by atoms with Gasteiger partial charge < -0.3 is 4.74 Å². The van der Waals surface area contributed by atoms with Gasteiger partial charge in [-0.25, -0.2) is 0 Å². The van der Waals surface area contributed by atoms with Crippen molar-refractivity contribution in [1.82, 2.24) is 0 Å². The van der Waals surface area contributed by atoms with Gasteiger partial charge in [-0.05, 0) is 23.8 Å². The monoisotopic (exact) mass is 266 g/mol. The van der Waals surface area contributed by atoms with Crippen molar-refractivity contribution in [2.75, 3.05) is 0 Å². The van der Waals surface area contributed by atoms with Crippen LogP contribution in [0.3, 0.4) is 0 Å². The Morgan fingerprint density at radius 2 is 1.75 bits per heavy atom. The first kappa shape index (κ1) is 13.7. The highest BCUT2D eigenvalue weighted by atomic mass is 16.5. The third kappa shape index (κ3) is 3.92. The van der Waals surface area contributed by atoms with Gasteiger partial charge in [0.1, 0.15) is 5.75 Å². The summed E-state index contributed by atoms with van der Waals surface area (Å²) in [5, 5.41) is 0. The summed E-state index contributed by atoms with van der Waals surface area (Å²) >= 11 is 0. The predicted molar refractivity (Wildman–Crippen MR) is 77.6 cm³/mol. The van der Waals surface area contributed by atoms with E-state index in [1.807, 2.05) is 30.3 Å². The van der Waals surface area contributed by atoms with Crippen molar-refractivity contribution in [3.8, 4) is 5.75 Å². The van der Waals surface area contributed by atoms with E-state index in [1.165, 1.54) is 13.0 Å². The fourth-order valence-corrected chi connectivity index (χ4v) is 1.71. The van der Waals surface area contributed by atoms with Crippen LogP contribution in [0.4, 0.5) is 0 Å². The van der Waals surface area contributed by atoms with Crippen LogP contribution in [0.5, 0.6) is 5.75 Å². The average molecular weight is 266 g/mol. The summed E-state index contributed by atoms with van der Waals surface area (Å²) in [6.45, 7) is 1.32. The molecular weight excluding hydrogens is 252 g/mol. The van der Waals surface area contributed by atoms with Gasteiger partial charge in [0, 0.05) is 12.5 Å². The quantitative estimate of drug-likeness (QED) is 0.368. The fourth-order valence-electron chi connectivity index (χ4n) is 1.71. The summed E-state index contributed by atoms with van der Waals surface area (Å²) in [5.74, 6) is -0.172. The van der Waals surface area contributed by atoms with Crippen LogP contribution in [-0.2, 0) is 4.79 Å². The molecule has 0 bridgehead atoms. The van der Waals surface area contributed by atoms with E-state index in [4.69, 9.17) is 4.74 Å². The molecule has 0 saturated carbocycles. The molecule has 0 spiro atoms. The van der Waals surface area contributed by atoms with E-state index in [1.54, 1.807) is 30.3 Å². The smallest absolute Gasteiger partial charge is 0.308 e. The van der Waals surface area contributed by atoms with Gasteiger partial charge in [0.15, 0.2) is 5.78 Å². The second-order valence-corrected chi connectivity index (χ2v) is 4.23. The Bertz CT molecular complexity index is 642. The normalized spacial score (nSPS) is 10.4. The van der Waals surface area contributed by atoms with Crippen molar-refractivity contribution >= 4 is 17.8 Å². The van der Waals surface area contributed by atoms with Crippen molar-refractivity contribution in [2.45, 2.75) is 6.92 Å². The van der Waals surface area contributed by atoms with E-state index >= 15 is 0 Å². The van der Waals surface area contributed by atoms with Crippen LogP contribution in [0.1, 0.15) is 22.8 Å². The zero-order valence-corrected chi connectivity index (χ0v) is 11.1. The molecule has 0 unspecified atom stereocenters. The molecule has 0 saturated heterocycles. The zero-order valence-electron chi connectivity index (χ0n) is 11.1. The highest BCUT2D eigenvalue weighted by Crippen LogP contribution is 2.15. The molecule has 0 aliphatic carbocycles. The van der Waals surface area contributed by atoms with Crippen molar-refractivity contribution in [3.05, 3.63) is 71.8 Å². The summed E-state index contributed by atoms with van der Waals surface area (Å²) < 4.78 is 4.95. The standard InChI is InChI=1S/C17H14O3/c1-13(18)20-16-9-5-8-15(12-16)17(19)11-10-14-6-3-2-4-7-14/h2-12H,1H3/b11-10+. The minimum Gasteiger partial charge on any atom is -0.427 e. The number of ether oxygens (including phenoxy) is 1. The Kier molecular flexibility index (Phi) is 4.45. The number of hydrogen-bond acceptors (Lipinski definition) is 3. The van der Waals surface area contributed by atoms with E-state index in [2.05, 4.69) is 0 Å². The van der Waals surface area contributed by atoms with Crippen LogP contribution >= 0.6 is 0 Å². The number of ketones is 1. The summed E-state index contributed by atoms with van der Waals surface area (Å²) in [5.41, 5.74) is 1.44.